The number of hydrogen-bond donors (Lipinski definition) is 0. The van der Waals surface area contributed by atoms with Crippen LogP contribution < -0.4 is 9.64 Å². The maximum absolute atomic E-state index is 13.8. The van der Waals surface area contributed by atoms with Gasteiger partial charge >= 0.3 is 0 Å². The Balaban J connectivity index is 1.65. The molecule has 6 nitrogen and oxygen atoms in total. The normalized spacial score (nSPS) is 15.1. The summed E-state index contributed by atoms with van der Waals surface area (Å²) < 4.78 is 32.0. The van der Waals surface area contributed by atoms with Crippen molar-refractivity contribution in [3.63, 3.8) is 0 Å². The minimum atomic E-state index is -0.624. The highest BCUT2D eigenvalue weighted by Gasteiger charge is 2.24. The van der Waals surface area contributed by atoms with Crippen LogP contribution in [0.4, 0.5) is 20.2 Å². The molecule has 0 radical (unpaired) electrons. The van der Waals surface area contributed by atoms with Crippen molar-refractivity contribution < 1.29 is 18.4 Å². The molecule has 138 valence electrons. The molecule has 8 heteroatoms. The summed E-state index contributed by atoms with van der Waals surface area (Å²) in [4.78, 5) is 14.6. The SMILES string of the molecule is COc1ccc(CN2CCN(c3ccc(F)cc3[N+](=O)[O-])CC2)cc1F. The molecule has 0 spiro atoms. The van der Waals surface area contributed by atoms with Gasteiger partial charge in [0.15, 0.2) is 11.6 Å². The van der Waals surface area contributed by atoms with E-state index in [0.717, 1.165) is 11.6 Å². The van der Waals surface area contributed by atoms with Gasteiger partial charge in [-0.1, -0.05) is 6.07 Å². The number of nitro benzene ring substituents is 1. The van der Waals surface area contributed by atoms with Gasteiger partial charge in [0.25, 0.3) is 5.69 Å². The smallest absolute Gasteiger partial charge is 0.295 e. The average Bonchev–Trinajstić information content (AvgIpc) is 2.62. The number of methoxy groups -OCH3 is 1. The van der Waals surface area contributed by atoms with Crippen LogP contribution >= 0.6 is 0 Å². The van der Waals surface area contributed by atoms with Crippen LogP contribution in [0.3, 0.4) is 0 Å². The van der Waals surface area contributed by atoms with Gasteiger partial charge in [-0.25, -0.2) is 8.78 Å². The van der Waals surface area contributed by atoms with Gasteiger partial charge in [0, 0.05) is 32.7 Å². The number of rotatable bonds is 5. The Morgan fingerprint density at radius 3 is 2.46 bits per heavy atom. The molecule has 3 rings (SSSR count). The van der Waals surface area contributed by atoms with Crippen LogP contribution in [0.15, 0.2) is 36.4 Å². The summed E-state index contributed by atoms with van der Waals surface area (Å²) in [6.07, 6.45) is 0. The van der Waals surface area contributed by atoms with E-state index in [2.05, 4.69) is 4.90 Å². The molecular weight excluding hydrogens is 344 g/mol. The van der Waals surface area contributed by atoms with Crippen molar-refractivity contribution in [3.8, 4) is 5.75 Å². The van der Waals surface area contributed by atoms with E-state index in [1.165, 1.54) is 25.3 Å². The van der Waals surface area contributed by atoms with Gasteiger partial charge in [-0.2, -0.15) is 0 Å². The third kappa shape index (κ3) is 3.91. The van der Waals surface area contributed by atoms with Crippen molar-refractivity contribution in [1.82, 2.24) is 4.90 Å². The zero-order valence-electron chi connectivity index (χ0n) is 14.3. The third-order valence-corrected chi connectivity index (χ3v) is 4.47. The molecule has 1 aliphatic rings. The topological polar surface area (TPSA) is 58.8 Å². The molecule has 1 fully saturated rings. The van der Waals surface area contributed by atoms with Crippen LogP contribution in [0.2, 0.25) is 0 Å². The highest BCUT2D eigenvalue weighted by molar-refractivity contribution is 5.63. The Labute approximate surface area is 149 Å². The van der Waals surface area contributed by atoms with Crippen LogP contribution in [-0.4, -0.2) is 43.1 Å². The monoisotopic (exact) mass is 363 g/mol. The number of nitro groups is 1. The highest BCUT2D eigenvalue weighted by atomic mass is 19.1. The molecule has 1 heterocycles. The predicted molar refractivity (Wildman–Crippen MR) is 93.5 cm³/mol. The zero-order valence-corrected chi connectivity index (χ0v) is 14.3. The molecule has 2 aromatic carbocycles. The second kappa shape index (κ2) is 7.65. The van der Waals surface area contributed by atoms with E-state index in [1.54, 1.807) is 6.07 Å². The fourth-order valence-electron chi connectivity index (χ4n) is 3.12. The van der Waals surface area contributed by atoms with Gasteiger partial charge < -0.3 is 9.64 Å². The molecule has 0 amide bonds. The van der Waals surface area contributed by atoms with E-state index >= 15 is 0 Å². The first-order valence-electron chi connectivity index (χ1n) is 8.21. The van der Waals surface area contributed by atoms with Gasteiger partial charge in [-0.3, -0.25) is 15.0 Å². The molecule has 0 aromatic heterocycles. The fourth-order valence-corrected chi connectivity index (χ4v) is 3.12. The highest BCUT2D eigenvalue weighted by Crippen LogP contribution is 2.30. The van der Waals surface area contributed by atoms with Crippen molar-refractivity contribution in [2.75, 3.05) is 38.2 Å². The largest absolute Gasteiger partial charge is 0.494 e. The second-order valence-electron chi connectivity index (χ2n) is 6.12. The molecular formula is C18H19F2N3O3. The van der Waals surface area contributed by atoms with E-state index < -0.39 is 16.6 Å². The Kier molecular flexibility index (Phi) is 5.32. The van der Waals surface area contributed by atoms with Gasteiger partial charge in [0.05, 0.1) is 18.1 Å². The van der Waals surface area contributed by atoms with Crippen molar-refractivity contribution in [2.24, 2.45) is 0 Å². The Morgan fingerprint density at radius 2 is 1.85 bits per heavy atom. The summed E-state index contributed by atoms with van der Waals surface area (Å²) in [6.45, 7) is 3.07. The summed E-state index contributed by atoms with van der Waals surface area (Å²) >= 11 is 0. The predicted octanol–water partition coefficient (Wildman–Crippen LogP) is 3.20. The Hall–Kier alpha value is -2.74. The van der Waals surface area contributed by atoms with Gasteiger partial charge in [-0.15, -0.1) is 0 Å². The van der Waals surface area contributed by atoms with Gasteiger partial charge in [0.1, 0.15) is 11.5 Å². The van der Waals surface area contributed by atoms with E-state index in [4.69, 9.17) is 4.74 Å². The summed E-state index contributed by atoms with van der Waals surface area (Å²) in [6, 6.07) is 8.50. The van der Waals surface area contributed by atoms with Crippen LogP contribution in [0.25, 0.3) is 0 Å². The van der Waals surface area contributed by atoms with E-state index in [0.29, 0.717) is 38.4 Å². The van der Waals surface area contributed by atoms with Gasteiger partial charge in [-0.05, 0) is 29.8 Å². The van der Waals surface area contributed by atoms with Crippen molar-refractivity contribution in [1.29, 1.82) is 0 Å². The molecule has 1 saturated heterocycles. The maximum atomic E-state index is 13.8. The average molecular weight is 363 g/mol. The first-order valence-corrected chi connectivity index (χ1v) is 8.21. The van der Waals surface area contributed by atoms with Crippen LogP contribution in [-0.2, 0) is 6.54 Å². The number of hydrogen-bond acceptors (Lipinski definition) is 5. The summed E-state index contributed by atoms with van der Waals surface area (Å²) in [7, 11) is 1.42. The maximum Gasteiger partial charge on any atom is 0.295 e. The fraction of sp³-hybridized carbons (Fsp3) is 0.333. The lowest BCUT2D eigenvalue weighted by molar-refractivity contribution is -0.384. The van der Waals surface area contributed by atoms with Crippen molar-refractivity contribution >= 4 is 11.4 Å². The molecule has 0 bridgehead atoms. The quantitative estimate of drug-likeness (QED) is 0.603. The summed E-state index contributed by atoms with van der Waals surface area (Å²) in [5.74, 6) is -0.812. The minimum Gasteiger partial charge on any atom is -0.494 e. The Bertz CT molecular complexity index is 808. The van der Waals surface area contributed by atoms with Crippen molar-refractivity contribution in [2.45, 2.75) is 6.54 Å². The standard InChI is InChI=1S/C18H19F2N3O3/c1-26-18-5-2-13(10-15(18)20)12-21-6-8-22(9-7-21)16-4-3-14(19)11-17(16)23(24)25/h2-5,10-11H,6-9,12H2,1H3. The molecule has 26 heavy (non-hydrogen) atoms. The van der Waals surface area contributed by atoms with Crippen LogP contribution in [0.5, 0.6) is 5.75 Å². The van der Waals surface area contributed by atoms with E-state index in [9.17, 15) is 18.9 Å². The first kappa shape index (κ1) is 18.1. The first-order chi connectivity index (χ1) is 12.5. The van der Waals surface area contributed by atoms with Crippen LogP contribution in [0, 0.1) is 21.7 Å². The lowest BCUT2D eigenvalue weighted by Crippen LogP contribution is -2.46. The van der Waals surface area contributed by atoms with E-state index in [-0.39, 0.29) is 11.4 Å². The number of benzene rings is 2. The molecule has 0 atom stereocenters. The molecule has 1 aliphatic heterocycles. The number of piperazine rings is 1. The lowest BCUT2D eigenvalue weighted by Gasteiger charge is -2.35. The van der Waals surface area contributed by atoms with E-state index in [1.807, 2.05) is 11.0 Å². The minimum absolute atomic E-state index is 0.210. The Morgan fingerprint density at radius 1 is 1.12 bits per heavy atom. The zero-order chi connectivity index (χ0) is 18.7. The molecule has 2 aromatic rings. The third-order valence-electron chi connectivity index (χ3n) is 4.47. The number of ether oxygens (including phenoxy) is 1. The molecule has 0 N–H and O–H groups in total. The number of anilines is 1. The van der Waals surface area contributed by atoms with Gasteiger partial charge in [0.2, 0.25) is 0 Å². The molecule has 0 unspecified atom stereocenters. The van der Waals surface area contributed by atoms with Crippen LogP contribution in [0.1, 0.15) is 5.56 Å². The van der Waals surface area contributed by atoms with Crippen molar-refractivity contribution in [3.05, 3.63) is 63.7 Å². The second-order valence-corrected chi connectivity index (χ2v) is 6.12. The lowest BCUT2D eigenvalue weighted by atomic mass is 10.1. The molecule has 0 aliphatic carbocycles. The molecule has 0 saturated carbocycles. The summed E-state index contributed by atoms with van der Waals surface area (Å²) in [5, 5.41) is 11.2. The summed E-state index contributed by atoms with van der Waals surface area (Å²) in [5.41, 5.74) is 1.03. The number of halogens is 2. The number of nitrogens with zero attached hydrogens (tertiary/aromatic N) is 3.